The van der Waals surface area contributed by atoms with E-state index in [2.05, 4.69) is 15.1 Å². The molecular formula is C24H24N4O2. The van der Waals surface area contributed by atoms with Gasteiger partial charge in [-0.2, -0.15) is 0 Å². The minimum Gasteiger partial charge on any atom is -0.352 e. The standard InChI is InChI=1S/C24H24N4O2/c29-22(20-9-5-2-6-10-20)12-14-24(30)28-17-15-27(16-18-28)23-13-11-21(25-26-23)19-7-3-1-4-8-19/h1-11,13H,12,14-18H2. The summed E-state index contributed by atoms with van der Waals surface area (Å²) in [5, 5.41) is 8.72. The van der Waals surface area contributed by atoms with Gasteiger partial charge in [0, 0.05) is 50.1 Å². The number of carbonyl (C=O) groups excluding carboxylic acids is 2. The summed E-state index contributed by atoms with van der Waals surface area (Å²) < 4.78 is 0. The van der Waals surface area contributed by atoms with Crippen LogP contribution in [0, 0.1) is 0 Å². The van der Waals surface area contributed by atoms with Crippen LogP contribution in [0.3, 0.4) is 0 Å². The fraction of sp³-hybridized carbons (Fsp3) is 0.250. The van der Waals surface area contributed by atoms with Crippen molar-refractivity contribution in [3.05, 3.63) is 78.4 Å². The molecule has 4 rings (SSSR count). The molecule has 152 valence electrons. The van der Waals surface area contributed by atoms with Crippen molar-refractivity contribution in [3.8, 4) is 11.3 Å². The Labute approximate surface area is 176 Å². The number of benzene rings is 2. The van der Waals surface area contributed by atoms with Crippen LogP contribution in [0.15, 0.2) is 72.8 Å². The Kier molecular flexibility index (Phi) is 6.13. The van der Waals surface area contributed by atoms with Gasteiger partial charge in [-0.1, -0.05) is 60.7 Å². The van der Waals surface area contributed by atoms with Crippen molar-refractivity contribution in [2.75, 3.05) is 31.1 Å². The Morgan fingerprint density at radius 3 is 2.03 bits per heavy atom. The molecule has 0 N–H and O–H groups in total. The lowest BCUT2D eigenvalue weighted by Crippen LogP contribution is -2.49. The third-order valence-corrected chi connectivity index (χ3v) is 5.34. The summed E-state index contributed by atoms with van der Waals surface area (Å²) in [7, 11) is 0. The van der Waals surface area contributed by atoms with Crippen LogP contribution in [0.1, 0.15) is 23.2 Å². The molecule has 0 spiro atoms. The first-order valence-electron chi connectivity index (χ1n) is 10.2. The van der Waals surface area contributed by atoms with Gasteiger partial charge in [-0.3, -0.25) is 9.59 Å². The average molecular weight is 400 g/mol. The largest absolute Gasteiger partial charge is 0.352 e. The highest BCUT2D eigenvalue weighted by Crippen LogP contribution is 2.19. The molecule has 3 aromatic rings. The summed E-state index contributed by atoms with van der Waals surface area (Å²) in [4.78, 5) is 28.7. The number of amides is 1. The number of carbonyl (C=O) groups is 2. The fourth-order valence-corrected chi connectivity index (χ4v) is 3.59. The molecule has 0 unspecified atom stereocenters. The van der Waals surface area contributed by atoms with E-state index >= 15 is 0 Å². The molecule has 6 nitrogen and oxygen atoms in total. The quantitative estimate of drug-likeness (QED) is 0.593. The topological polar surface area (TPSA) is 66.4 Å². The van der Waals surface area contributed by atoms with Crippen LogP contribution in [0.5, 0.6) is 0 Å². The van der Waals surface area contributed by atoms with Crippen LogP contribution in [0.4, 0.5) is 5.82 Å². The zero-order chi connectivity index (χ0) is 20.8. The molecular weight excluding hydrogens is 376 g/mol. The maximum absolute atomic E-state index is 12.5. The van der Waals surface area contributed by atoms with Gasteiger partial charge >= 0.3 is 0 Å². The lowest BCUT2D eigenvalue weighted by atomic mass is 10.1. The summed E-state index contributed by atoms with van der Waals surface area (Å²) in [5.41, 5.74) is 2.54. The molecule has 0 radical (unpaired) electrons. The van der Waals surface area contributed by atoms with Crippen molar-refractivity contribution < 1.29 is 9.59 Å². The van der Waals surface area contributed by atoms with Crippen LogP contribution in [0.2, 0.25) is 0 Å². The van der Waals surface area contributed by atoms with Crippen molar-refractivity contribution in [2.45, 2.75) is 12.8 Å². The monoisotopic (exact) mass is 400 g/mol. The molecule has 2 aromatic carbocycles. The summed E-state index contributed by atoms with van der Waals surface area (Å²) in [6.07, 6.45) is 0.495. The molecule has 1 fully saturated rings. The maximum Gasteiger partial charge on any atom is 0.223 e. The van der Waals surface area contributed by atoms with E-state index in [0.717, 1.165) is 17.1 Å². The van der Waals surface area contributed by atoms with Crippen LogP contribution >= 0.6 is 0 Å². The number of anilines is 1. The number of Topliss-reactive ketones (excluding diaryl/α,β-unsaturated/α-hetero) is 1. The molecule has 30 heavy (non-hydrogen) atoms. The molecule has 0 saturated carbocycles. The third kappa shape index (κ3) is 4.71. The first kappa shape index (κ1) is 19.8. The molecule has 0 aliphatic carbocycles. The van der Waals surface area contributed by atoms with Crippen molar-refractivity contribution in [2.24, 2.45) is 0 Å². The summed E-state index contributed by atoms with van der Waals surface area (Å²) in [5.74, 6) is 0.863. The number of piperazine rings is 1. The van der Waals surface area contributed by atoms with Crippen LogP contribution in [0.25, 0.3) is 11.3 Å². The van der Waals surface area contributed by atoms with Gasteiger partial charge in [0.15, 0.2) is 11.6 Å². The zero-order valence-corrected chi connectivity index (χ0v) is 16.8. The van der Waals surface area contributed by atoms with Gasteiger partial charge in [0.1, 0.15) is 0 Å². The lowest BCUT2D eigenvalue weighted by molar-refractivity contribution is -0.131. The van der Waals surface area contributed by atoms with E-state index in [1.807, 2.05) is 65.6 Å². The number of rotatable bonds is 6. The maximum atomic E-state index is 12.5. The van der Waals surface area contributed by atoms with Gasteiger partial charge in [-0.15, -0.1) is 10.2 Å². The van der Waals surface area contributed by atoms with Gasteiger partial charge in [0.25, 0.3) is 0 Å². The second-order valence-corrected chi connectivity index (χ2v) is 7.30. The van der Waals surface area contributed by atoms with Crippen LogP contribution in [-0.2, 0) is 4.79 Å². The van der Waals surface area contributed by atoms with Crippen molar-refractivity contribution >= 4 is 17.5 Å². The summed E-state index contributed by atoms with van der Waals surface area (Å²) in [6, 6.07) is 23.0. The molecule has 6 heteroatoms. The van der Waals surface area contributed by atoms with E-state index < -0.39 is 0 Å². The molecule has 1 saturated heterocycles. The fourth-order valence-electron chi connectivity index (χ4n) is 3.59. The highest BCUT2D eigenvalue weighted by Gasteiger charge is 2.22. The predicted molar refractivity (Wildman–Crippen MR) is 116 cm³/mol. The Morgan fingerprint density at radius 1 is 0.733 bits per heavy atom. The van der Waals surface area contributed by atoms with Crippen molar-refractivity contribution in [3.63, 3.8) is 0 Å². The van der Waals surface area contributed by atoms with E-state index in [1.54, 1.807) is 12.1 Å². The van der Waals surface area contributed by atoms with Gasteiger partial charge in [-0.25, -0.2) is 0 Å². The number of hydrogen-bond donors (Lipinski definition) is 0. The summed E-state index contributed by atoms with van der Waals surface area (Å²) in [6.45, 7) is 2.66. The Balaban J connectivity index is 1.27. The highest BCUT2D eigenvalue weighted by atomic mass is 16.2. The van der Waals surface area contributed by atoms with Crippen molar-refractivity contribution in [1.29, 1.82) is 0 Å². The predicted octanol–water partition coefficient (Wildman–Crippen LogP) is 3.46. The Morgan fingerprint density at radius 2 is 1.40 bits per heavy atom. The summed E-state index contributed by atoms with van der Waals surface area (Å²) >= 11 is 0. The molecule has 0 bridgehead atoms. The minimum absolute atomic E-state index is 0.0105. The molecule has 1 amide bonds. The average Bonchev–Trinajstić information content (AvgIpc) is 2.83. The van der Waals surface area contributed by atoms with Crippen LogP contribution < -0.4 is 4.90 Å². The lowest BCUT2D eigenvalue weighted by Gasteiger charge is -2.35. The zero-order valence-electron chi connectivity index (χ0n) is 16.8. The second-order valence-electron chi connectivity index (χ2n) is 7.30. The number of ketones is 1. The van der Waals surface area contributed by atoms with E-state index in [9.17, 15) is 9.59 Å². The van der Waals surface area contributed by atoms with Gasteiger partial charge in [0.2, 0.25) is 5.91 Å². The normalized spacial score (nSPS) is 13.9. The Bertz CT molecular complexity index is 983. The SMILES string of the molecule is O=C(CCC(=O)N1CCN(c2ccc(-c3ccccc3)nn2)CC1)c1ccccc1. The number of hydrogen-bond acceptors (Lipinski definition) is 5. The smallest absolute Gasteiger partial charge is 0.223 e. The number of aromatic nitrogens is 2. The highest BCUT2D eigenvalue weighted by molar-refractivity contribution is 5.97. The number of nitrogens with zero attached hydrogens (tertiary/aromatic N) is 4. The minimum atomic E-state index is 0.0105. The molecule has 1 aromatic heterocycles. The van der Waals surface area contributed by atoms with E-state index in [4.69, 9.17) is 0 Å². The van der Waals surface area contributed by atoms with Gasteiger partial charge in [-0.05, 0) is 12.1 Å². The molecule has 1 aliphatic heterocycles. The molecule has 2 heterocycles. The van der Waals surface area contributed by atoms with Gasteiger partial charge < -0.3 is 9.80 Å². The van der Waals surface area contributed by atoms with E-state index in [1.165, 1.54) is 0 Å². The van der Waals surface area contributed by atoms with Crippen LogP contribution in [-0.4, -0.2) is 53.0 Å². The van der Waals surface area contributed by atoms with E-state index in [-0.39, 0.29) is 24.5 Å². The first-order chi connectivity index (χ1) is 14.7. The third-order valence-electron chi connectivity index (χ3n) is 5.34. The van der Waals surface area contributed by atoms with E-state index in [0.29, 0.717) is 31.7 Å². The first-order valence-corrected chi connectivity index (χ1v) is 10.2. The van der Waals surface area contributed by atoms with Gasteiger partial charge in [0.05, 0.1) is 5.69 Å². The van der Waals surface area contributed by atoms with Crippen molar-refractivity contribution in [1.82, 2.24) is 15.1 Å². The molecule has 1 aliphatic rings. The Hall–Kier alpha value is -3.54. The second kappa shape index (κ2) is 9.31. The molecule has 0 atom stereocenters.